The van der Waals surface area contributed by atoms with Crippen LogP contribution in [0.5, 0.6) is 0 Å². The van der Waals surface area contributed by atoms with Crippen LogP contribution in [0, 0.1) is 18.3 Å². The van der Waals surface area contributed by atoms with Crippen LogP contribution in [0.3, 0.4) is 0 Å². The molecule has 3 heteroatoms. The molecule has 0 fully saturated rings. The van der Waals surface area contributed by atoms with Crippen LogP contribution in [0.1, 0.15) is 22.4 Å². The minimum atomic E-state index is 0.707. The van der Waals surface area contributed by atoms with Crippen LogP contribution in [-0.2, 0) is 19.5 Å². The lowest BCUT2D eigenvalue weighted by Crippen LogP contribution is -2.10. The maximum Gasteiger partial charge on any atom is 0.122 e. The summed E-state index contributed by atoms with van der Waals surface area (Å²) in [6.45, 7) is 3.59. The third-order valence-corrected chi connectivity index (χ3v) is 4.17. The van der Waals surface area contributed by atoms with Gasteiger partial charge in [-0.1, -0.05) is 60.7 Å². The van der Waals surface area contributed by atoms with Gasteiger partial charge in [0.25, 0.3) is 0 Å². The maximum atomic E-state index is 9.44. The van der Waals surface area contributed by atoms with E-state index >= 15 is 0 Å². The molecule has 24 heavy (non-hydrogen) atoms. The molecule has 0 aliphatic heterocycles. The second-order valence-corrected chi connectivity index (χ2v) is 5.90. The summed E-state index contributed by atoms with van der Waals surface area (Å²) in [5.41, 5.74) is 4.32. The molecule has 0 amide bonds. The Morgan fingerprint density at radius 1 is 0.958 bits per heavy atom. The summed E-state index contributed by atoms with van der Waals surface area (Å²) < 4.78 is 2.09. The fraction of sp³-hybridized carbons (Fsp3) is 0.190. The van der Waals surface area contributed by atoms with E-state index in [9.17, 15) is 5.26 Å². The van der Waals surface area contributed by atoms with E-state index in [1.54, 1.807) is 0 Å². The highest BCUT2D eigenvalue weighted by atomic mass is 15.1. The number of aromatic nitrogens is 1. The Bertz CT molecular complexity index is 827. The molecule has 3 rings (SSSR count). The summed E-state index contributed by atoms with van der Waals surface area (Å²) in [6.07, 6.45) is 0.906. The number of rotatable bonds is 6. The van der Waals surface area contributed by atoms with Crippen molar-refractivity contribution in [2.45, 2.75) is 26.4 Å². The summed E-state index contributed by atoms with van der Waals surface area (Å²) in [7, 11) is 0. The van der Waals surface area contributed by atoms with Crippen molar-refractivity contribution in [2.75, 3.05) is 5.32 Å². The van der Waals surface area contributed by atoms with Gasteiger partial charge in [-0.05, 0) is 36.1 Å². The van der Waals surface area contributed by atoms with Crippen molar-refractivity contribution in [1.29, 1.82) is 5.26 Å². The molecule has 1 aromatic heterocycles. The Labute approximate surface area is 143 Å². The normalized spacial score (nSPS) is 10.3. The van der Waals surface area contributed by atoms with Gasteiger partial charge in [0.05, 0.1) is 0 Å². The van der Waals surface area contributed by atoms with Crippen molar-refractivity contribution in [3.63, 3.8) is 0 Å². The predicted octanol–water partition coefficient (Wildman–Crippen LogP) is 4.52. The molecule has 0 saturated heterocycles. The number of hydrogen-bond acceptors (Lipinski definition) is 2. The molecule has 0 radical (unpaired) electrons. The van der Waals surface area contributed by atoms with Crippen LogP contribution in [0.25, 0.3) is 0 Å². The Balaban J connectivity index is 1.78. The minimum absolute atomic E-state index is 0.707. The van der Waals surface area contributed by atoms with Gasteiger partial charge < -0.3 is 9.88 Å². The first kappa shape index (κ1) is 15.9. The monoisotopic (exact) mass is 315 g/mol. The van der Waals surface area contributed by atoms with Gasteiger partial charge in [-0.15, -0.1) is 0 Å². The van der Waals surface area contributed by atoms with Gasteiger partial charge in [0, 0.05) is 13.1 Å². The second-order valence-electron chi connectivity index (χ2n) is 5.90. The van der Waals surface area contributed by atoms with E-state index in [1.165, 1.54) is 11.1 Å². The number of anilines is 1. The van der Waals surface area contributed by atoms with Gasteiger partial charge in [0.2, 0.25) is 0 Å². The molecule has 1 N–H and O–H groups in total. The molecule has 0 aliphatic rings. The number of nitriles is 1. The van der Waals surface area contributed by atoms with Gasteiger partial charge >= 0.3 is 0 Å². The summed E-state index contributed by atoms with van der Waals surface area (Å²) >= 11 is 0. The zero-order valence-electron chi connectivity index (χ0n) is 13.9. The van der Waals surface area contributed by atoms with Crippen LogP contribution < -0.4 is 5.32 Å². The van der Waals surface area contributed by atoms with Crippen molar-refractivity contribution in [3.05, 3.63) is 89.1 Å². The molecule has 0 aliphatic carbocycles. The highest BCUT2D eigenvalue weighted by molar-refractivity contribution is 5.51. The minimum Gasteiger partial charge on any atom is -0.367 e. The smallest absolute Gasteiger partial charge is 0.122 e. The molecule has 1 heterocycles. The highest BCUT2D eigenvalue weighted by Gasteiger charge is 2.12. The lowest BCUT2D eigenvalue weighted by atomic mass is 10.1. The van der Waals surface area contributed by atoms with Crippen LogP contribution >= 0.6 is 0 Å². The molecule has 0 unspecified atom stereocenters. The largest absolute Gasteiger partial charge is 0.367 e. The fourth-order valence-corrected chi connectivity index (χ4v) is 2.91. The molecule has 0 bridgehead atoms. The number of hydrogen-bond donors (Lipinski definition) is 1. The number of aryl methyl sites for hydroxylation is 2. The molecular formula is C21H21N3. The van der Waals surface area contributed by atoms with Crippen LogP contribution in [0.2, 0.25) is 0 Å². The van der Waals surface area contributed by atoms with Crippen LogP contribution in [-0.4, -0.2) is 4.57 Å². The predicted molar refractivity (Wildman–Crippen MR) is 97.8 cm³/mol. The Morgan fingerprint density at radius 3 is 2.21 bits per heavy atom. The van der Waals surface area contributed by atoms with Gasteiger partial charge in [0.1, 0.15) is 17.6 Å². The van der Waals surface area contributed by atoms with Crippen molar-refractivity contribution in [2.24, 2.45) is 0 Å². The Kier molecular flexibility index (Phi) is 4.98. The fourth-order valence-electron chi connectivity index (χ4n) is 2.91. The van der Waals surface area contributed by atoms with E-state index in [4.69, 9.17) is 0 Å². The van der Waals surface area contributed by atoms with E-state index in [2.05, 4.69) is 52.4 Å². The number of nitrogens with zero attached hydrogens (tertiary/aromatic N) is 2. The van der Waals surface area contributed by atoms with Crippen LogP contribution in [0.4, 0.5) is 5.82 Å². The van der Waals surface area contributed by atoms with Gasteiger partial charge in [-0.25, -0.2) is 0 Å². The summed E-state index contributed by atoms with van der Waals surface area (Å²) in [5, 5.41) is 12.9. The Hall–Kier alpha value is -2.99. The zero-order chi connectivity index (χ0) is 16.8. The standard InChI is InChI=1S/C21H21N3/c1-17-14-20(15-22)24(13-12-18-8-4-2-5-9-18)21(17)23-16-19-10-6-3-7-11-19/h2-11,14,23H,12-13,16H2,1H3. The first-order valence-electron chi connectivity index (χ1n) is 8.20. The third kappa shape index (κ3) is 3.67. The molecule has 2 aromatic carbocycles. The molecule has 120 valence electrons. The Morgan fingerprint density at radius 2 is 1.58 bits per heavy atom. The van der Waals surface area contributed by atoms with Gasteiger partial charge in [-0.2, -0.15) is 5.26 Å². The van der Waals surface area contributed by atoms with Crippen molar-refractivity contribution in [3.8, 4) is 6.07 Å². The lowest BCUT2D eigenvalue weighted by molar-refractivity contribution is 0.695. The average molecular weight is 315 g/mol. The first-order chi connectivity index (χ1) is 11.8. The van der Waals surface area contributed by atoms with E-state index in [0.717, 1.165) is 30.9 Å². The van der Waals surface area contributed by atoms with Gasteiger partial charge in [0.15, 0.2) is 0 Å². The molecule has 3 nitrogen and oxygen atoms in total. The highest BCUT2D eigenvalue weighted by Crippen LogP contribution is 2.22. The van der Waals surface area contributed by atoms with Crippen molar-refractivity contribution in [1.82, 2.24) is 4.57 Å². The summed E-state index contributed by atoms with van der Waals surface area (Å²) in [5.74, 6) is 1.03. The van der Waals surface area contributed by atoms with E-state index < -0.39 is 0 Å². The number of benzene rings is 2. The molecule has 0 spiro atoms. The summed E-state index contributed by atoms with van der Waals surface area (Å²) in [4.78, 5) is 0. The zero-order valence-corrected chi connectivity index (χ0v) is 13.9. The van der Waals surface area contributed by atoms with E-state index in [1.807, 2.05) is 37.3 Å². The van der Waals surface area contributed by atoms with E-state index in [-0.39, 0.29) is 0 Å². The first-order valence-corrected chi connectivity index (χ1v) is 8.20. The summed E-state index contributed by atoms with van der Waals surface area (Å²) in [6, 6.07) is 25.0. The quantitative estimate of drug-likeness (QED) is 0.726. The topological polar surface area (TPSA) is 40.8 Å². The van der Waals surface area contributed by atoms with E-state index in [0.29, 0.717) is 5.69 Å². The molecule has 3 aromatic rings. The van der Waals surface area contributed by atoms with Crippen LogP contribution in [0.15, 0.2) is 66.7 Å². The lowest BCUT2D eigenvalue weighted by Gasteiger charge is -2.14. The number of nitrogens with one attached hydrogen (secondary N) is 1. The van der Waals surface area contributed by atoms with Gasteiger partial charge in [-0.3, -0.25) is 0 Å². The molecular weight excluding hydrogens is 294 g/mol. The molecule has 0 saturated carbocycles. The maximum absolute atomic E-state index is 9.44. The van der Waals surface area contributed by atoms with Crippen molar-refractivity contribution >= 4 is 5.82 Å². The third-order valence-electron chi connectivity index (χ3n) is 4.17. The SMILES string of the molecule is Cc1cc(C#N)n(CCc2ccccc2)c1NCc1ccccc1. The van der Waals surface area contributed by atoms with Crippen molar-refractivity contribution < 1.29 is 0 Å². The average Bonchev–Trinajstić information content (AvgIpc) is 2.94. The second kappa shape index (κ2) is 7.52. The molecule has 0 atom stereocenters.